The first kappa shape index (κ1) is 14.8. The molecule has 0 atom stereocenters. The number of hydrogen-bond acceptors (Lipinski definition) is 4. The van der Waals surface area contributed by atoms with Crippen LogP contribution in [0.25, 0.3) is 0 Å². The Morgan fingerprint density at radius 3 is 2.63 bits per heavy atom. The molecule has 0 saturated carbocycles. The van der Waals surface area contributed by atoms with Gasteiger partial charge in [0.05, 0.1) is 13.2 Å². The Hall–Kier alpha value is -0.620. The fourth-order valence-electron chi connectivity index (χ4n) is 1.96. The molecule has 2 rings (SSSR count). The van der Waals surface area contributed by atoms with Crippen LogP contribution in [0.5, 0.6) is 5.75 Å². The van der Waals surface area contributed by atoms with Crippen molar-refractivity contribution in [3.05, 3.63) is 28.7 Å². The van der Waals surface area contributed by atoms with Crippen molar-refractivity contribution in [1.29, 1.82) is 0 Å². The summed E-state index contributed by atoms with van der Waals surface area (Å²) in [6, 6.07) is 7.91. The Balaban J connectivity index is 1.49. The van der Waals surface area contributed by atoms with Crippen LogP contribution in [0.3, 0.4) is 0 Å². The molecule has 0 bridgehead atoms. The second-order valence-electron chi connectivity index (χ2n) is 4.51. The molecule has 0 radical (unpaired) electrons. The molecule has 1 N–H and O–H groups in total. The lowest BCUT2D eigenvalue weighted by Crippen LogP contribution is -2.40. The van der Waals surface area contributed by atoms with Crippen LogP contribution >= 0.6 is 15.9 Å². The number of hydrogen-bond donors (Lipinski definition) is 1. The van der Waals surface area contributed by atoms with E-state index in [9.17, 15) is 0 Å². The summed E-state index contributed by atoms with van der Waals surface area (Å²) < 4.78 is 12.0. The largest absolute Gasteiger partial charge is 0.492 e. The van der Waals surface area contributed by atoms with Crippen LogP contribution in [0.1, 0.15) is 0 Å². The number of nitrogens with zero attached hydrogens (tertiary/aromatic N) is 1. The molecular formula is C14H21BrN2O2. The highest BCUT2D eigenvalue weighted by Crippen LogP contribution is 2.15. The SMILES string of the molecule is Brc1ccc(OCCNCCN2CCOCC2)cc1. The molecule has 1 fully saturated rings. The minimum absolute atomic E-state index is 0.699. The van der Waals surface area contributed by atoms with Gasteiger partial charge in [0.2, 0.25) is 0 Å². The Bertz CT molecular complexity index is 353. The first-order valence-electron chi connectivity index (χ1n) is 6.74. The zero-order chi connectivity index (χ0) is 13.3. The van der Waals surface area contributed by atoms with Crippen molar-refractivity contribution < 1.29 is 9.47 Å². The van der Waals surface area contributed by atoms with Crippen LogP contribution in [0.2, 0.25) is 0 Å². The van der Waals surface area contributed by atoms with Crippen LogP contribution in [0, 0.1) is 0 Å². The Kier molecular flexibility index (Phi) is 6.64. The number of morpholine rings is 1. The summed E-state index contributed by atoms with van der Waals surface area (Å²) >= 11 is 3.40. The Morgan fingerprint density at radius 1 is 1.16 bits per heavy atom. The van der Waals surface area contributed by atoms with Gasteiger partial charge in [0, 0.05) is 37.2 Å². The molecule has 1 aromatic carbocycles. The van der Waals surface area contributed by atoms with Crippen LogP contribution in [-0.4, -0.2) is 57.4 Å². The average molecular weight is 329 g/mol. The van der Waals surface area contributed by atoms with E-state index in [1.807, 2.05) is 24.3 Å². The highest BCUT2D eigenvalue weighted by atomic mass is 79.9. The molecule has 1 saturated heterocycles. The van der Waals surface area contributed by atoms with E-state index in [4.69, 9.17) is 9.47 Å². The molecule has 0 aliphatic carbocycles. The van der Waals surface area contributed by atoms with Gasteiger partial charge in [-0.15, -0.1) is 0 Å². The third-order valence-electron chi connectivity index (χ3n) is 3.07. The molecule has 1 aromatic rings. The number of benzene rings is 1. The van der Waals surface area contributed by atoms with Crippen molar-refractivity contribution in [2.45, 2.75) is 0 Å². The molecule has 1 aliphatic heterocycles. The van der Waals surface area contributed by atoms with Crippen LogP contribution in [-0.2, 0) is 4.74 Å². The average Bonchev–Trinajstić information content (AvgIpc) is 2.46. The minimum Gasteiger partial charge on any atom is -0.492 e. The second-order valence-corrected chi connectivity index (χ2v) is 5.42. The molecular weight excluding hydrogens is 308 g/mol. The van der Waals surface area contributed by atoms with Crippen molar-refractivity contribution in [3.8, 4) is 5.75 Å². The van der Waals surface area contributed by atoms with Crippen LogP contribution in [0.4, 0.5) is 0 Å². The lowest BCUT2D eigenvalue weighted by molar-refractivity contribution is 0.0383. The molecule has 0 amide bonds. The summed E-state index contributed by atoms with van der Waals surface area (Å²) in [6.45, 7) is 7.50. The third kappa shape index (κ3) is 5.91. The highest BCUT2D eigenvalue weighted by molar-refractivity contribution is 9.10. The summed E-state index contributed by atoms with van der Waals surface area (Å²) in [5.74, 6) is 0.915. The predicted molar refractivity (Wildman–Crippen MR) is 79.8 cm³/mol. The molecule has 4 nitrogen and oxygen atoms in total. The molecule has 5 heteroatoms. The number of nitrogens with one attached hydrogen (secondary N) is 1. The van der Waals surface area contributed by atoms with Gasteiger partial charge in [-0.25, -0.2) is 0 Å². The monoisotopic (exact) mass is 328 g/mol. The summed E-state index contributed by atoms with van der Waals surface area (Å²) in [7, 11) is 0. The van der Waals surface area contributed by atoms with Crippen molar-refractivity contribution in [2.75, 3.05) is 52.5 Å². The minimum atomic E-state index is 0.699. The van der Waals surface area contributed by atoms with E-state index in [-0.39, 0.29) is 0 Å². The van der Waals surface area contributed by atoms with E-state index in [2.05, 4.69) is 26.1 Å². The number of halogens is 1. The Labute approximate surface area is 123 Å². The molecule has 1 heterocycles. The summed E-state index contributed by atoms with van der Waals surface area (Å²) in [5, 5.41) is 3.40. The summed E-state index contributed by atoms with van der Waals surface area (Å²) in [5.41, 5.74) is 0. The first-order chi connectivity index (χ1) is 9.34. The second kappa shape index (κ2) is 8.53. The summed E-state index contributed by atoms with van der Waals surface area (Å²) in [6.07, 6.45) is 0. The van der Waals surface area contributed by atoms with E-state index in [0.29, 0.717) is 6.61 Å². The third-order valence-corrected chi connectivity index (χ3v) is 3.60. The Morgan fingerprint density at radius 2 is 1.89 bits per heavy atom. The lowest BCUT2D eigenvalue weighted by Gasteiger charge is -2.26. The molecule has 106 valence electrons. The van der Waals surface area contributed by atoms with Crippen molar-refractivity contribution in [1.82, 2.24) is 10.2 Å². The molecule has 0 unspecified atom stereocenters. The predicted octanol–water partition coefficient (Wildman–Crippen LogP) is 1.75. The van der Waals surface area contributed by atoms with Gasteiger partial charge in [-0.2, -0.15) is 0 Å². The fraction of sp³-hybridized carbons (Fsp3) is 0.571. The molecule has 19 heavy (non-hydrogen) atoms. The zero-order valence-electron chi connectivity index (χ0n) is 11.1. The van der Waals surface area contributed by atoms with Gasteiger partial charge >= 0.3 is 0 Å². The van der Waals surface area contributed by atoms with Crippen LogP contribution in [0.15, 0.2) is 28.7 Å². The molecule has 0 aromatic heterocycles. The summed E-state index contributed by atoms with van der Waals surface area (Å²) in [4.78, 5) is 2.42. The van der Waals surface area contributed by atoms with Crippen LogP contribution < -0.4 is 10.1 Å². The van der Waals surface area contributed by atoms with Crippen molar-refractivity contribution >= 4 is 15.9 Å². The maximum absolute atomic E-state index is 5.64. The first-order valence-corrected chi connectivity index (χ1v) is 7.53. The standard InChI is InChI=1S/C14H21BrN2O2/c15-13-1-3-14(4-2-13)19-10-6-16-5-7-17-8-11-18-12-9-17/h1-4,16H,5-12H2. The van der Waals surface area contributed by atoms with E-state index >= 15 is 0 Å². The number of rotatable bonds is 7. The van der Waals surface area contributed by atoms with E-state index < -0.39 is 0 Å². The van der Waals surface area contributed by atoms with Gasteiger partial charge in [-0.05, 0) is 24.3 Å². The van der Waals surface area contributed by atoms with Gasteiger partial charge in [0.25, 0.3) is 0 Å². The molecule has 1 aliphatic rings. The van der Waals surface area contributed by atoms with Crippen molar-refractivity contribution in [3.63, 3.8) is 0 Å². The normalized spacial score (nSPS) is 16.5. The van der Waals surface area contributed by atoms with Gasteiger partial charge < -0.3 is 14.8 Å². The van der Waals surface area contributed by atoms with E-state index in [1.165, 1.54) is 0 Å². The maximum atomic E-state index is 5.64. The van der Waals surface area contributed by atoms with Gasteiger partial charge in [-0.1, -0.05) is 15.9 Å². The maximum Gasteiger partial charge on any atom is 0.119 e. The topological polar surface area (TPSA) is 33.7 Å². The van der Waals surface area contributed by atoms with Gasteiger partial charge in [0.15, 0.2) is 0 Å². The molecule has 0 spiro atoms. The number of ether oxygens (including phenoxy) is 2. The van der Waals surface area contributed by atoms with E-state index in [0.717, 1.165) is 56.2 Å². The fourth-order valence-corrected chi connectivity index (χ4v) is 2.22. The van der Waals surface area contributed by atoms with Crippen molar-refractivity contribution in [2.24, 2.45) is 0 Å². The zero-order valence-corrected chi connectivity index (χ0v) is 12.7. The highest BCUT2D eigenvalue weighted by Gasteiger charge is 2.08. The lowest BCUT2D eigenvalue weighted by atomic mass is 10.3. The quantitative estimate of drug-likeness (QED) is 0.773. The van der Waals surface area contributed by atoms with E-state index in [1.54, 1.807) is 0 Å². The van der Waals surface area contributed by atoms with Gasteiger partial charge in [0.1, 0.15) is 12.4 Å². The van der Waals surface area contributed by atoms with Gasteiger partial charge in [-0.3, -0.25) is 4.90 Å². The smallest absolute Gasteiger partial charge is 0.119 e.